The van der Waals surface area contributed by atoms with Gasteiger partial charge in [0, 0.05) is 0 Å². The lowest BCUT2D eigenvalue weighted by Crippen LogP contribution is -2.23. The Kier molecular flexibility index (Phi) is 6.20. The zero-order valence-electron chi connectivity index (χ0n) is 11.0. The van der Waals surface area contributed by atoms with Gasteiger partial charge in [-0.15, -0.1) is 6.58 Å². The Hall–Kier alpha value is -1.70. The normalized spacial score (nSPS) is 25.0. The van der Waals surface area contributed by atoms with Gasteiger partial charge in [0.1, 0.15) is 0 Å². The van der Waals surface area contributed by atoms with Gasteiger partial charge in [0.25, 0.3) is 0 Å². The highest BCUT2D eigenvalue weighted by Crippen LogP contribution is 2.38. The third-order valence-corrected chi connectivity index (χ3v) is 3.58. The van der Waals surface area contributed by atoms with E-state index in [2.05, 4.69) is 30.8 Å². The van der Waals surface area contributed by atoms with Crippen molar-refractivity contribution in [2.24, 2.45) is 5.92 Å². The van der Waals surface area contributed by atoms with Crippen LogP contribution >= 0.6 is 0 Å². The predicted octanol–water partition coefficient (Wildman–Crippen LogP) is 2.75. The van der Waals surface area contributed by atoms with E-state index >= 15 is 0 Å². The molecule has 1 N–H and O–H groups in total. The van der Waals surface area contributed by atoms with Gasteiger partial charge in [-0.05, 0) is 43.6 Å². The molecule has 0 spiro atoms. The summed E-state index contributed by atoms with van der Waals surface area (Å²) >= 11 is 0. The second-order valence-corrected chi connectivity index (χ2v) is 5.10. The molecule has 1 aromatic rings. The minimum Gasteiger partial charge on any atom is -0.390 e. The van der Waals surface area contributed by atoms with Crippen LogP contribution in [0.4, 0.5) is 0 Å². The maximum atomic E-state index is 10.3. The van der Waals surface area contributed by atoms with E-state index in [1.165, 1.54) is 5.56 Å². The fraction of sp³-hybridized carbons (Fsp3) is 0.438. The van der Waals surface area contributed by atoms with Crippen LogP contribution in [-0.2, 0) is 16.0 Å². The third-order valence-electron chi connectivity index (χ3n) is 3.58. The molecule has 2 rings (SSSR count). The van der Waals surface area contributed by atoms with E-state index in [0.29, 0.717) is 5.92 Å². The van der Waals surface area contributed by atoms with Crippen molar-refractivity contribution in [2.75, 3.05) is 0 Å². The minimum absolute atomic E-state index is 0.250. The van der Waals surface area contributed by atoms with Crippen molar-refractivity contribution >= 4 is 6.15 Å². The van der Waals surface area contributed by atoms with Crippen LogP contribution in [-0.4, -0.2) is 16.9 Å². The number of aliphatic hydroxyl groups is 1. The average molecular weight is 260 g/mol. The second kappa shape index (κ2) is 7.67. The number of benzene rings is 1. The van der Waals surface area contributed by atoms with Gasteiger partial charge in [-0.3, -0.25) is 0 Å². The highest BCUT2D eigenvalue weighted by Gasteiger charge is 2.35. The zero-order valence-corrected chi connectivity index (χ0v) is 11.0. The Morgan fingerprint density at radius 1 is 1.37 bits per heavy atom. The van der Waals surface area contributed by atoms with Crippen molar-refractivity contribution in [3.05, 3.63) is 48.6 Å². The van der Waals surface area contributed by atoms with Crippen LogP contribution in [0.3, 0.4) is 0 Å². The molecule has 0 amide bonds. The van der Waals surface area contributed by atoms with Crippen molar-refractivity contribution in [3.63, 3.8) is 0 Å². The molecule has 0 saturated heterocycles. The predicted molar refractivity (Wildman–Crippen MR) is 72.3 cm³/mol. The summed E-state index contributed by atoms with van der Waals surface area (Å²) in [6, 6.07) is 10.6. The first kappa shape index (κ1) is 15.4. The van der Waals surface area contributed by atoms with Gasteiger partial charge in [0.15, 0.2) is 0 Å². The van der Waals surface area contributed by atoms with Crippen LogP contribution in [0.2, 0.25) is 0 Å². The van der Waals surface area contributed by atoms with E-state index < -0.39 is 5.60 Å². The third kappa shape index (κ3) is 5.21. The molecule has 0 aromatic heterocycles. The molecular formula is C16H20O3. The van der Waals surface area contributed by atoms with Crippen LogP contribution in [0.25, 0.3) is 0 Å². The molecule has 1 saturated carbocycles. The summed E-state index contributed by atoms with van der Waals surface area (Å²) in [5, 5.41) is 10.3. The number of carbonyl (C=O) groups excluding carboxylic acids is 2. The highest BCUT2D eigenvalue weighted by molar-refractivity contribution is 5.20. The first-order chi connectivity index (χ1) is 9.13. The molecule has 3 heteroatoms. The van der Waals surface area contributed by atoms with Crippen molar-refractivity contribution in [3.8, 4) is 0 Å². The Morgan fingerprint density at radius 2 is 2.00 bits per heavy atom. The van der Waals surface area contributed by atoms with Gasteiger partial charge >= 0.3 is 6.15 Å². The molecular weight excluding hydrogens is 240 g/mol. The highest BCUT2D eigenvalue weighted by atomic mass is 16.3. The van der Waals surface area contributed by atoms with Crippen LogP contribution in [0.1, 0.15) is 31.2 Å². The summed E-state index contributed by atoms with van der Waals surface area (Å²) in [5.41, 5.74) is 0.914. The largest absolute Gasteiger partial charge is 0.390 e. The fourth-order valence-corrected chi connectivity index (χ4v) is 2.79. The summed E-state index contributed by atoms with van der Waals surface area (Å²) in [4.78, 5) is 16.2. The molecule has 1 aromatic carbocycles. The van der Waals surface area contributed by atoms with E-state index in [0.717, 1.165) is 32.1 Å². The maximum absolute atomic E-state index is 10.3. The van der Waals surface area contributed by atoms with Crippen molar-refractivity contribution in [1.29, 1.82) is 0 Å². The van der Waals surface area contributed by atoms with Gasteiger partial charge < -0.3 is 5.11 Å². The molecule has 1 unspecified atom stereocenters. The molecule has 1 aliphatic rings. The van der Waals surface area contributed by atoms with E-state index in [9.17, 15) is 5.11 Å². The SMILES string of the molecule is C=CCC1(O)CC[C@@H](Cc2ccccc2)C1.O=C=O. The molecule has 1 aliphatic carbocycles. The molecule has 0 radical (unpaired) electrons. The van der Waals surface area contributed by atoms with Gasteiger partial charge in [-0.2, -0.15) is 9.59 Å². The zero-order chi connectivity index (χ0) is 14.1. The van der Waals surface area contributed by atoms with Crippen molar-refractivity contribution < 1.29 is 14.7 Å². The molecule has 102 valence electrons. The lowest BCUT2D eigenvalue weighted by molar-refractivity contribution is -0.191. The monoisotopic (exact) mass is 260 g/mol. The summed E-state index contributed by atoms with van der Waals surface area (Å²) in [6.07, 6.45) is 6.91. The van der Waals surface area contributed by atoms with Crippen LogP contribution in [0, 0.1) is 5.92 Å². The quantitative estimate of drug-likeness (QED) is 0.847. The number of rotatable bonds is 4. The molecule has 0 aliphatic heterocycles. The van der Waals surface area contributed by atoms with Crippen LogP contribution in [0.5, 0.6) is 0 Å². The Bertz CT molecular complexity index is 421. The van der Waals surface area contributed by atoms with E-state index in [4.69, 9.17) is 9.59 Å². The Morgan fingerprint density at radius 3 is 2.58 bits per heavy atom. The van der Waals surface area contributed by atoms with Crippen LogP contribution < -0.4 is 0 Å². The van der Waals surface area contributed by atoms with E-state index in [1.54, 1.807) is 0 Å². The Balaban J connectivity index is 0.000000550. The molecule has 19 heavy (non-hydrogen) atoms. The number of hydrogen-bond donors (Lipinski definition) is 1. The lowest BCUT2D eigenvalue weighted by atomic mass is 9.93. The lowest BCUT2D eigenvalue weighted by Gasteiger charge is -2.20. The van der Waals surface area contributed by atoms with Gasteiger partial charge in [0.05, 0.1) is 5.60 Å². The average Bonchev–Trinajstić information content (AvgIpc) is 2.73. The standard InChI is InChI=1S/C15H20O.CO2/c1-2-9-15(16)10-8-14(12-15)11-13-6-4-3-5-7-13;2-1-3/h2-7,14,16H,1,8-12H2;/t14-,15?;/m0./s1. The van der Waals surface area contributed by atoms with E-state index in [1.807, 2.05) is 12.1 Å². The second-order valence-electron chi connectivity index (χ2n) is 5.10. The topological polar surface area (TPSA) is 54.4 Å². The Labute approximate surface area is 114 Å². The van der Waals surface area contributed by atoms with Gasteiger partial charge in [0.2, 0.25) is 0 Å². The first-order valence-electron chi connectivity index (χ1n) is 6.50. The van der Waals surface area contributed by atoms with Crippen LogP contribution in [0.15, 0.2) is 43.0 Å². The molecule has 3 nitrogen and oxygen atoms in total. The fourth-order valence-electron chi connectivity index (χ4n) is 2.79. The minimum atomic E-state index is -0.471. The van der Waals surface area contributed by atoms with Crippen molar-refractivity contribution in [2.45, 2.75) is 37.7 Å². The summed E-state index contributed by atoms with van der Waals surface area (Å²) in [5.74, 6) is 0.632. The molecule has 1 fully saturated rings. The maximum Gasteiger partial charge on any atom is 0.373 e. The van der Waals surface area contributed by atoms with E-state index in [-0.39, 0.29) is 6.15 Å². The summed E-state index contributed by atoms with van der Waals surface area (Å²) in [6.45, 7) is 3.72. The molecule has 0 heterocycles. The summed E-state index contributed by atoms with van der Waals surface area (Å²) < 4.78 is 0. The van der Waals surface area contributed by atoms with Gasteiger partial charge in [-0.25, -0.2) is 0 Å². The number of hydrogen-bond acceptors (Lipinski definition) is 3. The molecule has 0 bridgehead atoms. The van der Waals surface area contributed by atoms with Crippen molar-refractivity contribution in [1.82, 2.24) is 0 Å². The summed E-state index contributed by atoms with van der Waals surface area (Å²) in [7, 11) is 0. The first-order valence-corrected chi connectivity index (χ1v) is 6.50. The smallest absolute Gasteiger partial charge is 0.373 e. The molecule has 2 atom stereocenters. The van der Waals surface area contributed by atoms with Gasteiger partial charge in [-0.1, -0.05) is 36.4 Å².